The molecule has 1 aromatic rings. The number of hydrogen-bond donors (Lipinski definition) is 1. The zero-order valence-corrected chi connectivity index (χ0v) is 5.92. The molecule has 1 rings (SSSR count). The van der Waals surface area contributed by atoms with Crippen LogP contribution in [0, 0.1) is 0 Å². The van der Waals surface area contributed by atoms with Gasteiger partial charge >= 0.3 is 0 Å². The van der Waals surface area contributed by atoms with E-state index in [0.29, 0.717) is 0 Å². The summed E-state index contributed by atoms with van der Waals surface area (Å²) in [5, 5.41) is 3.85. The second-order valence-corrected chi connectivity index (χ2v) is 2.77. The van der Waals surface area contributed by atoms with Gasteiger partial charge in [-0.1, -0.05) is 0 Å². The lowest BCUT2D eigenvalue weighted by atomic mass is 10.6. The first kappa shape index (κ1) is 5.12. The lowest BCUT2D eigenvalue weighted by molar-refractivity contribution is 1.81. The molecule has 7 heavy (non-hydrogen) atoms. The third-order valence-electron chi connectivity index (χ3n) is 0.642. The van der Waals surface area contributed by atoms with E-state index in [1.807, 2.05) is 10.8 Å². The summed E-state index contributed by atoms with van der Waals surface area (Å²) in [5.74, 6) is 0. The molecule has 2 N–H and O–H groups in total. The van der Waals surface area contributed by atoms with E-state index in [2.05, 4.69) is 15.9 Å². The van der Waals surface area contributed by atoms with E-state index in [9.17, 15) is 0 Å². The van der Waals surface area contributed by atoms with E-state index in [0.717, 1.165) is 10.2 Å². The van der Waals surface area contributed by atoms with Crippen LogP contribution in [0.25, 0.3) is 0 Å². The highest BCUT2D eigenvalue weighted by Crippen LogP contribution is 2.22. The molecule has 0 saturated carbocycles. The monoisotopic (exact) mass is 177 g/mol. The molecule has 0 radical (unpaired) electrons. The van der Waals surface area contributed by atoms with E-state index in [-0.39, 0.29) is 0 Å². The quantitative estimate of drug-likeness (QED) is 0.646. The van der Waals surface area contributed by atoms with Crippen LogP contribution in [0.4, 0.5) is 5.69 Å². The van der Waals surface area contributed by atoms with Crippen molar-refractivity contribution in [1.82, 2.24) is 0 Å². The highest BCUT2D eigenvalue weighted by Gasteiger charge is 1.89. The Bertz CT molecular complexity index is 144. The number of hydrogen-bond acceptors (Lipinski definition) is 2. The Morgan fingerprint density at radius 3 is 2.43 bits per heavy atom. The fourth-order valence-electron chi connectivity index (χ4n) is 0.291. The van der Waals surface area contributed by atoms with Gasteiger partial charge in [-0.15, -0.1) is 11.3 Å². The minimum atomic E-state index is 0.824. The molecule has 1 aromatic heterocycles. The fraction of sp³-hybridized carbons (Fsp3) is 0. The zero-order chi connectivity index (χ0) is 5.28. The predicted molar refractivity (Wildman–Crippen MR) is 36.4 cm³/mol. The van der Waals surface area contributed by atoms with Crippen LogP contribution in [-0.4, -0.2) is 0 Å². The minimum absolute atomic E-state index is 0.824. The molecule has 0 aliphatic rings. The normalized spacial score (nSPS) is 9.29. The van der Waals surface area contributed by atoms with E-state index in [4.69, 9.17) is 5.73 Å². The van der Waals surface area contributed by atoms with Crippen LogP contribution in [0.3, 0.4) is 0 Å². The summed E-state index contributed by atoms with van der Waals surface area (Å²) < 4.78 is 0.998. The van der Waals surface area contributed by atoms with Crippen LogP contribution in [-0.2, 0) is 0 Å². The van der Waals surface area contributed by atoms with Gasteiger partial charge in [0.15, 0.2) is 0 Å². The van der Waals surface area contributed by atoms with Crippen molar-refractivity contribution in [3.8, 4) is 0 Å². The van der Waals surface area contributed by atoms with Gasteiger partial charge in [0, 0.05) is 10.8 Å². The van der Waals surface area contributed by atoms with Gasteiger partial charge in [0.1, 0.15) is 0 Å². The maximum absolute atomic E-state index is 5.40. The van der Waals surface area contributed by atoms with Crippen molar-refractivity contribution in [3.05, 3.63) is 15.2 Å². The standard InChI is InChI=1S/C4H4BrNS/c5-3-1-7-2-4(3)6/h1-2H,6H2. The first-order valence-electron chi connectivity index (χ1n) is 1.78. The first-order valence-corrected chi connectivity index (χ1v) is 3.51. The van der Waals surface area contributed by atoms with Crippen LogP contribution in [0.15, 0.2) is 15.2 Å². The number of rotatable bonds is 0. The van der Waals surface area contributed by atoms with Crippen molar-refractivity contribution in [3.63, 3.8) is 0 Å². The molecule has 3 heteroatoms. The van der Waals surface area contributed by atoms with Crippen LogP contribution in [0.2, 0.25) is 0 Å². The molecule has 0 spiro atoms. The third kappa shape index (κ3) is 0.951. The van der Waals surface area contributed by atoms with Crippen LogP contribution < -0.4 is 5.73 Å². The second-order valence-electron chi connectivity index (χ2n) is 1.18. The molecular weight excluding hydrogens is 174 g/mol. The molecule has 0 aliphatic heterocycles. The van der Waals surface area contributed by atoms with E-state index in [1.165, 1.54) is 0 Å². The van der Waals surface area contributed by atoms with Crippen LogP contribution >= 0.6 is 27.3 Å². The summed E-state index contributed by atoms with van der Waals surface area (Å²) in [4.78, 5) is 0. The topological polar surface area (TPSA) is 26.0 Å². The van der Waals surface area contributed by atoms with Crippen molar-refractivity contribution >= 4 is 33.0 Å². The van der Waals surface area contributed by atoms with E-state index in [1.54, 1.807) is 11.3 Å². The van der Waals surface area contributed by atoms with E-state index < -0.39 is 0 Å². The summed E-state index contributed by atoms with van der Waals surface area (Å²) in [7, 11) is 0. The average molecular weight is 178 g/mol. The molecule has 0 atom stereocenters. The van der Waals surface area contributed by atoms with Crippen molar-refractivity contribution in [1.29, 1.82) is 0 Å². The number of halogens is 1. The molecule has 0 saturated heterocycles. The maximum Gasteiger partial charge on any atom is 0.0567 e. The zero-order valence-electron chi connectivity index (χ0n) is 3.52. The lowest BCUT2D eigenvalue weighted by Crippen LogP contribution is -1.77. The van der Waals surface area contributed by atoms with Gasteiger partial charge in [-0.05, 0) is 15.9 Å². The van der Waals surface area contributed by atoms with E-state index >= 15 is 0 Å². The van der Waals surface area contributed by atoms with Crippen LogP contribution in [0.5, 0.6) is 0 Å². The maximum atomic E-state index is 5.40. The molecule has 0 bridgehead atoms. The van der Waals surface area contributed by atoms with Crippen molar-refractivity contribution in [2.24, 2.45) is 0 Å². The predicted octanol–water partition coefficient (Wildman–Crippen LogP) is 2.09. The molecular formula is C4H4BrNS. The Morgan fingerprint density at radius 2 is 2.29 bits per heavy atom. The highest BCUT2D eigenvalue weighted by molar-refractivity contribution is 9.10. The van der Waals surface area contributed by atoms with Gasteiger partial charge in [0.25, 0.3) is 0 Å². The summed E-state index contributed by atoms with van der Waals surface area (Å²) >= 11 is 4.84. The number of nitrogens with two attached hydrogens (primary N) is 1. The highest BCUT2D eigenvalue weighted by atomic mass is 79.9. The summed E-state index contributed by atoms with van der Waals surface area (Å²) in [6.45, 7) is 0. The van der Waals surface area contributed by atoms with Crippen molar-refractivity contribution < 1.29 is 0 Å². The molecule has 1 nitrogen and oxygen atoms in total. The SMILES string of the molecule is Nc1cscc1Br. The third-order valence-corrected chi connectivity index (χ3v) is 2.39. The van der Waals surface area contributed by atoms with Gasteiger partial charge in [0.05, 0.1) is 10.2 Å². The molecule has 0 aromatic carbocycles. The van der Waals surface area contributed by atoms with Gasteiger partial charge < -0.3 is 5.73 Å². The number of thiophene rings is 1. The Balaban J connectivity index is 3.12. The molecule has 0 amide bonds. The molecule has 0 aliphatic carbocycles. The number of nitrogen functional groups attached to an aromatic ring is 1. The van der Waals surface area contributed by atoms with Gasteiger partial charge in [0.2, 0.25) is 0 Å². The van der Waals surface area contributed by atoms with Crippen molar-refractivity contribution in [2.75, 3.05) is 5.73 Å². The molecule has 0 fully saturated rings. The Morgan fingerprint density at radius 1 is 1.57 bits per heavy atom. The van der Waals surface area contributed by atoms with Crippen molar-refractivity contribution in [2.45, 2.75) is 0 Å². The molecule has 1 heterocycles. The van der Waals surface area contributed by atoms with Gasteiger partial charge in [-0.25, -0.2) is 0 Å². The Labute approximate surface area is 54.3 Å². The average Bonchev–Trinajstić information content (AvgIpc) is 1.91. The van der Waals surface area contributed by atoms with Crippen LogP contribution in [0.1, 0.15) is 0 Å². The fourth-order valence-corrected chi connectivity index (χ4v) is 1.48. The summed E-state index contributed by atoms with van der Waals surface area (Å²) in [6.07, 6.45) is 0. The summed E-state index contributed by atoms with van der Waals surface area (Å²) in [6, 6.07) is 0. The second kappa shape index (κ2) is 1.84. The first-order chi connectivity index (χ1) is 3.30. The molecule has 0 unspecified atom stereocenters. The summed E-state index contributed by atoms with van der Waals surface area (Å²) in [5.41, 5.74) is 6.23. The molecule has 38 valence electrons. The number of anilines is 1. The lowest BCUT2D eigenvalue weighted by Gasteiger charge is -1.78. The Hall–Kier alpha value is -0.0200. The minimum Gasteiger partial charge on any atom is -0.397 e. The van der Waals surface area contributed by atoms with Gasteiger partial charge in [-0.2, -0.15) is 0 Å². The smallest absolute Gasteiger partial charge is 0.0567 e. The largest absolute Gasteiger partial charge is 0.397 e. The Kier molecular flexibility index (Phi) is 1.35. The van der Waals surface area contributed by atoms with Gasteiger partial charge in [-0.3, -0.25) is 0 Å².